The summed E-state index contributed by atoms with van der Waals surface area (Å²) in [6.45, 7) is 2.83. The molecule has 0 spiro atoms. The molecule has 0 aliphatic rings. The summed E-state index contributed by atoms with van der Waals surface area (Å²) < 4.78 is 3.80. The van der Waals surface area contributed by atoms with Crippen LogP contribution in [0.15, 0.2) is 30.6 Å². The van der Waals surface area contributed by atoms with Gasteiger partial charge in [-0.2, -0.15) is 5.10 Å². The molecule has 2 heterocycles. The highest BCUT2D eigenvalue weighted by atomic mass is 35.5. The van der Waals surface area contributed by atoms with Gasteiger partial charge in [-0.05, 0) is 19.1 Å². The molecule has 104 valence electrons. The molecule has 3 rings (SSSR count). The summed E-state index contributed by atoms with van der Waals surface area (Å²) in [5.41, 5.74) is 9.08. The minimum atomic E-state index is -0.313. The van der Waals surface area contributed by atoms with Gasteiger partial charge < -0.3 is 10.3 Å². The van der Waals surface area contributed by atoms with Gasteiger partial charge in [-0.25, -0.2) is 4.98 Å². The molecule has 0 bridgehead atoms. The van der Waals surface area contributed by atoms with E-state index in [0.29, 0.717) is 5.02 Å². The Labute approximate surface area is 122 Å². The lowest BCUT2D eigenvalue weighted by molar-refractivity contribution is 0.670. The number of rotatable bonds is 3. The molecule has 1 aromatic carbocycles. The molecule has 0 saturated heterocycles. The quantitative estimate of drug-likeness (QED) is 0.806. The van der Waals surface area contributed by atoms with Crippen molar-refractivity contribution in [2.45, 2.75) is 19.5 Å². The second-order valence-electron chi connectivity index (χ2n) is 4.75. The van der Waals surface area contributed by atoms with Gasteiger partial charge in [-0.3, -0.25) is 4.68 Å². The smallest absolute Gasteiger partial charge is 0.131 e. The van der Waals surface area contributed by atoms with Gasteiger partial charge in [0.1, 0.15) is 5.82 Å². The van der Waals surface area contributed by atoms with Crippen LogP contribution >= 0.6 is 11.6 Å². The van der Waals surface area contributed by atoms with E-state index in [-0.39, 0.29) is 6.04 Å². The maximum Gasteiger partial charge on any atom is 0.131 e. The number of halogens is 1. The van der Waals surface area contributed by atoms with E-state index >= 15 is 0 Å². The number of benzene rings is 1. The van der Waals surface area contributed by atoms with Crippen LogP contribution in [0.4, 0.5) is 0 Å². The molecule has 1 atom stereocenters. The number of aromatic nitrogens is 4. The maximum absolute atomic E-state index is 6.34. The lowest BCUT2D eigenvalue weighted by Crippen LogP contribution is -2.17. The summed E-state index contributed by atoms with van der Waals surface area (Å²) in [7, 11) is 1.87. The van der Waals surface area contributed by atoms with E-state index in [1.807, 2.05) is 31.4 Å². The number of aryl methyl sites for hydroxylation is 2. The number of fused-ring (bicyclic) bond motifs is 1. The second-order valence-corrected chi connectivity index (χ2v) is 5.15. The second kappa shape index (κ2) is 4.92. The Bertz CT molecular complexity index is 758. The number of nitrogens with two attached hydrogens (primary N) is 1. The van der Waals surface area contributed by atoms with Gasteiger partial charge in [-0.1, -0.05) is 17.7 Å². The first-order chi connectivity index (χ1) is 9.61. The Morgan fingerprint density at radius 1 is 1.40 bits per heavy atom. The van der Waals surface area contributed by atoms with E-state index in [2.05, 4.69) is 21.6 Å². The van der Waals surface area contributed by atoms with E-state index in [1.165, 1.54) is 0 Å². The van der Waals surface area contributed by atoms with Crippen LogP contribution in [0.1, 0.15) is 24.4 Å². The molecular formula is C14H16ClN5. The molecule has 6 heteroatoms. The van der Waals surface area contributed by atoms with E-state index in [9.17, 15) is 0 Å². The van der Waals surface area contributed by atoms with Crippen molar-refractivity contribution in [1.82, 2.24) is 19.3 Å². The van der Waals surface area contributed by atoms with Crippen LogP contribution in [0.25, 0.3) is 11.0 Å². The average molecular weight is 290 g/mol. The molecule has 20 heavy (non-hydrogen) atoms. The highest BCUT2D eigenvalue weighted by molar-refractivity contribution is 6.35. The van der Waals surface area contributed by atoms with Gasteiger partial charge in [0.25, 0.3) is 0 Å². The van der Waals surface area contributed by atoms with Crippen molar-refractivity contribution in [3.8, 4) is 0 Å². The molecule has 2 aromatic heterocycles. The standard InChI is InChI=1S/C14H16ClN5/c1-3-20-13-10(15)5-4-6-11(13)18-14(20)12(16)9-7-17-19(2)8-9/h4-8,12H,3,16H2,1-2H3. The monoisotopic (exact) mass is 289 g/mol. The summed E-state index contributed by atoms with van der Waals surface area (Å²) in [5.74, 6) is 0.809. The zero-order valence-electron chi connectivity index (χ0n) is 11.4. The lowest BCUT2D eigenvalue weighted by Gasteiger charge is -2.12. The zero-order valence-corrected chi connectivity index (χ0v) is 12.2. The average Bonchev–Trinajstić information content (AvgIpc) is 3.02. The molecule has 0 saturated carbocycles. The number of nitrogens with zero attached hydrogens (tertiary/aromatic N) is 4. The van der Waals surface area contributed by atoms with Gasteiger partial charge in [0, 0.05) is 25.4 Å². The molecule has 0 aliphatic carbocycles. The molecular weight excluding hydrogens is 274 g/mol. The summed E-state index contributed by atoms with van der Waals surface area (Å²) in [5, 5.41) is 4.86. The predicted octanol–water partition coefficient (Wildman–Crippen LogP) is 2.49. The number of imidazole rings is 1. The summed E-state index contributed by atoms with van der Waals surface area (Å²) >= 11 is 6.29. The van der Waals surface area contributed by atoms with Crippen molar-refractivity contribution in [2.24, 2.45) is 12.8 Å². The zero-order chi connectivity index (χ0) is 14.3. The number of hydrogen-bond acceptors (Lipinski definition) is 3. The van der Waals surface area contributed by atoms with Crippen molar-refractivity contribution in [3.05, 3.63) is 47.0 Å². The van der Waals surface area contributed by atoms with Crippen LogP contribution in [0, 0.1) is 0 Å². The van der Waals surface area contributed by atoms with Gasteiger partial charge in [0.05, 0.1) is 28.3 Å². The summed E-state index contributed by atoms with van der Waals surface area (Å²) in [6, 6.07) is 5.41. The van der Waals surface area contributed by atoms with Crippen molar-refractivity contribution in [2.75, 3.05) is 0 Å². The fourth-order valence-corrected chi connectivity index (χ4v) is 2.74. The minimum absolute atomic E-state index is 0.313. The largest absolute Gasteiger partial charge is 0.325 e. The van der Waals surface area contributed by atoms with Crippen LogP contribution in [-0.4, -0.2) is 19.3 Å². The molecule has 0 fully saturated rings. The van der Waals surface area contributed by atoms with Gasteiger partial charge in [0.15, 0.2) is 0 Å². The van der Waals surface area contributed by atoms with Gasteiger partial charge in [-0.15, -0.1) is 0 Å². The third-order valence-corrected chi connectivity index (χ3v) is 3.73. The van der Waals surface area contributed by atoms with Crippen LogP contribution in [0.3, 0.4) is 0 Å². The minimum Gasteiger partial charge on any atom is -0.325 e. The first kappa shape index (κ1) is 13.1. The summed E-state index contributed by atoms with van der Waals surface area (Å²) in [6.07, 6.45) is 3.68. The number of hydrogen-bond donors (Lipinski definition) is 1. The Morgan fingerprint density at radius 2 is 2.20 bits per heavy atom. The van der Waals surface area contributed by atoms with Crippen LogP contribution in [0.2, 0.25) is 5.02 Å². The van der Waals surface area contributed by atoms with Gasteiger partial charge in [0.2, 0.25) is 0 Å². The van der Waals surface area contributed by atoms with Crippen molar-refractivity contribution in [1.29, 1.82) is 0 Å². The first-order valence-corrected chi connectivity index (χ1v) is 6.88. The van der Waals surface area contributed by atoms with Crippen LogP contribution in [-0.2, 0) is 13.6 Å². The van der Waals surface area contributed by atoms with E-state index in [4.69, 9.17) is 17.3 Å². The van der Waals surface area contributed by atoms with E-state index in [1.54, 1.807) is 10.9 Å². The number of para-hydroxylation sites is 1. The van der Waals surface area contributed by atoms with Gasteiger partial charge >= 0.3 is 0 Å². The molecule has 1 unspecified atom stereocenters. The SMILES string of the molecule is CCn1c(C(N)c2cnn(C)c2)nc2cccc(Cl)c21. The molecule has 3 aromatic rings. The van der Waals surface area contributed by atoms with Crippen LogP contribution < -0.4 is 5.73 Å². The van der Waals surface area contributed by atoms with Crippen molar-refractivity contribution in [3.63, 3.8) is 0 Å². The van der Waals surface area contributed by atoms with Crippen molar-refractivity contribution >= 4 is 22.6 Å². The van der Waals surface area contributed by atoms with E-state index in [0.717, 1.165) is 29.0 Å². The van der Waals surface area contributed by atoms with Crippen molar-refractivity contribution < 1.29 is 0 Å². The molecule has 5 nitrogen and oxygen atoms in total. The Kier molecular flexibility index (Phi) is 3.23. The lowest BCUT2D eigenvalue weighted by atomic mass is 10.1. The fourth-order valence-electron chi connectivity index (χ4n) is 2.47. The molecule has 2 N–H and O–H groups in total. The normalized spacial score (nSPS) is 13.0. The predicted molar refractivity (Wildman–Crippen MR) is 79.7 cm³/mol. The fraction of sp³-hybridized carbons (Fsp3) is 0.286. The third-order valence-electron chi connectivity index (χ3n) is 3.43. The Balaban J connectivity index is 2.18. The van der Waals surface area contributed by atoms with E-state index < -0.39 is 0 Å². The maximum atomic E-state index is 6.34. The van der Waals surface area contributed by atoms with Crippen LogP contribution in [0.5, 0.6) is 0 Å². The molecule has 0 radical (unpaired) electrons. The highest BCUT2D eigenvalue weighted by Gasteiger charge is 2.20. The molecule has 0 amide bonds. The molecule has 0 aliphatic heterocycles. The third kappa shape index (κ3) is 1.99. The summed E-state index contributed by atoms with van der Waals surface area (Å²) in [4.78, 5) is 4.65. The highest BCUT2D eigenvalue weighted by Crippen LogP contribution is 2.28. The Hall–Kier alpha value is -1.85. The first-order valence-electron chi connectivity index (χ1n) is 6.50. The Morgan fingerprint density at radius 3 is 2.85 bits per heavy atom. The topological polar surface area (TPSA) is 61.7 Å².